The van der Waals surface area contributed by atoms with E-state index in [1.165, 1.54) is 0 Å². The highest BCUT2D eigenvalue weighted by atomic mass is 16.5. The molecule has 0 spiro atoms. The lowest BCUT2D eigenvalue weighted by Crippen LogP contribution is -2.22. The molecule has 0 unspecified atom stereocenters. The molecule has 0 aliphatic rings. The summed E-state index contributed by atoms with van der Waals surface area (Å²) in [6, 6.07) is 0. The molecule has 6 nitrogen and oxygen atoms in total. The van der Waals surface area contributed by atoms with Crippen LogP contribution in [0.15, 0.2) is 11.2 Å². The second-order valence-electron chi connectivity index (χ2n) is 2.94. The van der Waals surface area contributed by atoms with Crippen molar-refractivity contribution in [3.05, 3.63) is 17.6 Å². The molecule has 0 aliphatic heterocycles. The van der Waals surface area contributed by atoms with Crippen molar-refractivity contribution in [2.24, 2.45) is 16.5 Å². The predicted molar refractivity (Wildman–Crippen MR) is 57.6 cm³/mol. The number of hydrogen-bond acceptors (Lipinski definition) is 4. The van der Waals surface area contributed by atoms with Crippen LogP contribution in [-0.4, -0.2) is 22.5 Å². The van der Waals surface area contributed by atoms with E-state index in [0.717, 1.165) is 5.56 Å². The predicted octanol–water partition coefficient (Wildman–Crippen LogP) is 0.226. The summed E-state index contributed by atoms with van der Waals surface area (Å²) < 4.78 is 5.25. The van der Waals surface area contributed by atoms with Gasteiger partial charge in [0.15, 0.2) is 11.8 Å². The third-order valence-electron chi connectivity index (χ3n) is 1.66. The average molecular weight is 209 g/mol. The molecule has 0 bridgehead atoms. The Bertz CT molecular complexity index is 360. The quantitative estimate of drug-likeness (QED) is 0.546. The molecule has 0 aromatic carbocycles. The first kappa shape index (κ1) is 11.4. The van der Waals surface area contributed by atoms with E-state index in [1.807, 2.05) is 6.92 Å². The second kappa shape index (κ2) is 5.26. The lowest BCUT2D eigenvalue weighted by molar-refractivity contribution is 0.134. The SMILES string of the molecule is CCOCc1cnc(C)nc1N=C(N)N. The maximum atomic E-state index is 5.30. The summed E-state index contributed by atoms with van der Waals surface area (Å²) in [5.74, 6) is 1.07. The van der Waals surface area contributed by atoms with E-state index in [1.54, 1.807) is 13.1 Å². The number of guanidine groups is 1. The Kier molecular flexibility index (Phi) is 3.99. The third-order valence-corrected chi connectivity index (χ3v) is 1.66. The molecule has 0 amide bonds. The zero-order chi connectivity index (χ0) is 11.3. The Hall–Kier alpha value is -1.69. The van der Waals surface area contributed by atoms with E-state index in [0.29, 0.717) is 24.9 Å². The summed E-state index contributed by atoms with van der Waals surface area (Å²) in [5, 5.41) is 0. The van der Waals surface area contributed by atoms with Gasteiger partial charge in [-0.05, 0) is 13.8 Å². The first-order valence-electron chi connectivity index (χ1n) is 4.63. The molecule has 0 aliphatic carbocycles. The molecule has 0 atom stereocenters. The van der Waals surface area contributed by atoms with Crippen molar-refractivity contribution in [2.45, 2.75) is 20.5 Å². The van der Waals surface area contributed by atoms with Gasteiger partial charge in [-0.25, -0.2) is 9.97 Å². The van der Waals surface area contributed by atoms with E-state index in [9.17, 15) is 0 Å². The van der Waals surface area contributed by atoms with Gasteiger partial charge in [-0.15, -0.1) is 0 Å². The summed E-state index contributed by atoms with van der Waals surface area (Å²) in [4.78, 5) is 12.1. The third kappa shape index (κ3) is 3.51. The van der Waals surface area contributed by atoms with Gasteiger partial charge in [0.05, 0.1) is 6.61 Å². The van der Waals surface area contributed by atoms with Crippen LogP contribution in [0, 0.1) is 6.92 Å². The zero-order valence-electron chi connectivity index (χ0n) is 8.90. The molecule has 0 saturated heterocycles. The van der Waals surface area contributed by atoms with Crippen LogP contribution in [-0.2, 0) is 11.3 Å². The average Bonchev–Trinajstić information content (AvgIpc) is 2.16. The van der Waals surface area contributed by atoms with Crippen LogP contribution < -0.4 is 11.5 Å². The van der Waals surface area contributed by atoms with Crippen molar-refractivity contribution >= 4 is 11.8 Å². The minimum absolute atomic E-state index is 0.0224. The molecule has 4 N–H and O–H groups in total. The number of aromatic nitrogens is 2. The van der Waals surface area contributed by atoms with Crippen molar-refractivity contribution in [3.8, 4) is 0 Å². The molecule has 0 saturated carbocycles. The number of rotatable bonds is 4. The minimum atomic E-state index is -0.0224. The molecule has 0 radical (unpaired) electrons. The molecule has 82 valence electrons. The van der Waals surface area contributed by atoms with Gasteiger partial charge in [0.2, 0.25) is 0 Å². The van der Waals surface area contributed by atoms with E-state index in [2.05, 4.69) is 15.0 Å². The van der Waals surface area contributed by atoms with Gasteiger partial charge in [0.25, 0.3) is 0 Å². The van der Waals surface area contributed by atoms with Gasteiger partial charge in [-0.2, -0.15) is 4.99 Å². The highest BCUT2D eigenvalue weighted by molar-refractivity contribution is 5.78. The van der Waals surface area contributed by atoms with Crippen LogP contribution in [0.25, 0.3) is 0 Å². The Balaban J connectivity index is 2.98. The molecular weight excluding hydrogens is 194 g/mol. The summed E-state index contributed by atoms with van der Waals surface area (Å²) in [7, 11) is 0. The fourth-order valence-electron chi connectivity index (χ4n) is 1.02. The number of aliphatic imine (C=N–C) groups is 1. The monoisotopic (exact) mass is 209 g/mol. The summed E-state index contributed by atoms with van der Waals surface area (Å²) in [6.07, 6.45) is 1.67. The summed E-state index contributed by atoms with van der Waals surface area (Å²) >= 11 is 0. The molecule has 6 heteroatoms. The van der Waals surface area contributed by atoms with Crippen molar-refractivity contribution in [1.29, 1.82) is 0 Å². The first-order chi connectivity index (χ1) is 7.13. The topological polar surface area (TPSA) is 99.4 Å². The van der Waals surface area contributed by atoms with Crippen LogP contribution in [0.1, 0.15) is 18.3 Å². The Morgan fingerprint density at radius 1 is 1.53 bits per heavy atom. The normalized spacial score (nSPS) is 10.0. The van der Waals surface area contributed by atoms with Crippen LogP contribution in [0.2, 0.25) is 0 Å². The van der Waals surface area contributed by atoms with Gasteiger partial charge in [0, 0.05) is 18.4 Å². The van der Waals surface area contributed by atoms with Gasteiger partial charge < -0.3 is 16.2 Å². The van der Waals surface area contributed by atoms with Crippen LogP contribution >= 0.6 is 0 Å². The fraction of sp³-hybridized carbons (Fsp3) is 0.444. The van der Waals surface area contributed by atoms with Crippen molar-refractivity contribution < 1.29 is 4.74 Å². The molecule has 15 heavy (non-hydrogen) atoms. The highest BCUT2D eigenvalue weighted by Crippen LogP contribution is 2.15. The van der Waals surface area contributed by atoms with E-state index in [4.69, 9.17) is 16.2 Å². The molecule has 0 fully saturated rings. The number of hydrogen-bond donors (Lipinski definition) is 2. The van der Waals surface area contributed by atoms with Crippen molar-refractivity contribution in [3.63, 3.8) is 0 Å². The number of ether oxygens (including phenoxy) is 1. The molecule has 1 aromatic heterocycles. The van der Waals surface area contributed by atoms with Crippen LogP contribution in [0.5, 0.6) is 0 Å². The molecule has 1 heterocycles. The van der Waals surface area contributed by atoms with Crippen molar-refractivity contribution in [2.75, 3.05) is 6.61 Å². The Labute approximate surface area is 88.4 Å². The van der Waals surface area contributed by atoms with Gasteiger partial charge >= 0.3 is 0 Å². The smallest absolute Gasteiger partial charge is 0.192 e. The Morgan fingerprint density at radius 2 is 2.27 bits per heavy atom. The van der Waals surface area contributed by atoms with Crippen LogP contribution in [0.4, 0.5) is 5.82 Å². The van der Waals surface area contributed by atoms with E-state index >= 15 is 0 Å². The van der Waals surface area contributed by atoms with Gasteiger partial charge in [0.1, 0.15) is 5.82 Å². The standard InChI is InChI=1S/C9H15N5O/c1-3-15-5-7-4-12-6(2)13-8(7)14-9(10)11/h4H,3,5H2,1-2H3,(H4,10,11,12,13,14). The van der Waals surface area contributed by atoms with Gasteiger partial charge in [-0.1, -0.05) is 0 Å². The molecule has 1 aromatic rings. The largest absolute Gasteiger partial charge is 0.377 e. The fourth-order valence-corrected chi connectivity index (χ4v) is 1.02. The van der Waals surface area contributed by atoms with Gasteiger partial charge in [-0.3, -0.25) is 0 Å². The van der Waals surface area contributed by atoms with Crippen molar-refractivity contribution in [1.82, 2.24) is 9.97 Å². The zero-order valence-corrected chi connectivity index (χ0v) is 8.90. The lowest BCUT2D eigenvalue weighted by Gasteiger charge is -2.05. The number of nitrogens with zero attached hydrogens (tertiary/aromatic N) is 3. The maximum absolute atomic E-state index is 5.30. The lowest BCUT2D eigenvalue weighted by atomic mass is 10.3. The molecular formula is C9H15N5O. The van der Waals surface area contributed by atoms with Crippen LogP contribution in [0.3, 0.4) is 0 Å². The number of aryl methyl sites for hydroxylation is 1. The minimum Gasteiger partial charge on any atom is -0.377 e. The second-order valence-corrected chi connectivity index (χ2v) is 2.94. The van der Waals surface area contributed by atoms with E-state index < -0.39 is 0 Å². The van der Waals surface area contributed by atoms with E-state index in [-0.39, 0.29) is 5.96 Å². The highest BCUT2D eigenvalue weighted by Gasteiger charge is 2.04. The number of nitrogens with two attached hydrogens (primary N) is 2. The first-order valence-corrected chi connectivity index (χ1v) is 4.63. The summed E-state index contributed by atoms with van der Waals surface area (Å²) in [6.45, 7) is 4.71. The maximum Gasteiger partial charge on any atom is 0.192 e. The summed E-state index contributed by atoms with van der Waals surface area (Å²) in [5.41, 5.74) is 11.4. The Morgan fingerprint density at radius 3 is 2.87 bits per heavy atom. The molecule has 1 rings (SSSR count).